The fourth-order valence-corrected chi connectivity index (χ4v) is 3.07. The molecule has 0 radical (unpaired) electrons. The molecular weight excluding hydrogens is 288 g/mol. The van der Waals surface area contributed by atoms with E-state index < -0.39 is 0 Å². The van der Waals surface area contributed by atoms with E-state index in [1.807, 2.05) is 43.0 Å². The summed E-state index contributed by atoms with van der Waals surface area (Å²) in [6.07, 6.45) is 2.49. The van der Waals surface area contributed by atoms with Gasteiger partial charge in [-0.3, -0.25) is 4.79 Å². The highest BCUT2D eigenvalue weighted by atomic mass is 16.5. The summed E-state index contributed by atoms with van der Waals surface area (Å²) in [5.74, 6) is 1.61. The lowest BCUT2D eigenvalue weighted by Crippen LogP contribution is -2.46. The standard InChI is InChI=1S/C19H30N2O2/c1-4-18(23-17-8-6-7-15(3)13-17)19(22)21-11-9-16(10-12-21)14-20-5-2/h6-8,13,16,18,20H,4-5,9-12,14H2,1-3H3. The zero-order chi connectivity index (χ0) is 16.7. The van der Waals surface area contributed by atoms with E-state index in [9.17, 15) is 4.79 Å². The lowest BCUT2D eigenvalue weighted by molar-refractivity contribution is -0.140. The van der Waals surface area contributed by atoms with Crippen LogP contribution in [0.4, 0.5) is 0 Å². The van der Waals surface area contributed by atoms with Crippen molar-refractivity contribution in [2.75, 3.05) is 26.2 Å². The molecule has 1 amide bonds. The van der Waals surface area contributed by atoms with E-state index in [0.717, 1.165) is 50.3 Å². The molecule has 2 rings (SSSR count). The van der Waals surface area contributed by atoms with Gasteiger partial charge in [0.25, 0.3) is 5.91 Å². The third-order valence-corrected chi connectivity index (χ3v) is 4.52. The summed E-state index contributed by atoms with van der Waals surface area (Å²) < 4.78 is 5.95. The molecule has 0 aromatic heterocycles. The van der Waals surface area contributed by atoms with Crippen LogP contribution in [0.2, 0.25) is 0 Å². The monoisotopic (exact) mass is 318 g/mol. The Morgan fingerprint density at radius 1 is 1.35 bits per heavy atom. The molecule has 4 nitrogen and oxygen atoms in total. The van der Waals surface area contributed by atoms with E-state index in [2.05, 4.69) is 12.2 Å². The largest absolute Gasteiger partial charge is 0.481 e. The van der Waals surface area contributed by atoms with Gasteiger partial charge in [-0.05, 0) is 62.9 Å². The first-order valence-electron chi connectivity index (χ1n) is 8.86. The summed E-state index contributed by atoms with van der Waals surface area (Å²) in [6.45, 7) is 9.95. The summed E-state index contributed by atoms with van der Waals surface area (Å²) in [4.78, 5) is 14.7. The molecule has 0 spiro atoms. The molecular formula is C19H30N2O2. The zero-order valence-electron chi connectivity index (χ0n) is 14.7. The van der Waals surface area contributed by atoms with Gasteiger partial charge in [0, 0.05) is 13.1 Å². The predicted molar refractivity (Wildman–Crippen MR) is 93.7 cm³/mol. The van der Waals surface area contributed by atoms with Crippen molar-refractivity contribution in [2.24, 2.45) is 5.92 Å². The third kappa shape index (κ3) is 5.24. The van der Waals surface area contributed by atoms with Gasteiger partial charge in [0.15, 0.2) is 6.10 Å². The molecule has 1 aliphatic heterocycles. The lowest BCUT2D eigenvalue weighted by Gasteiger charge is -2.34. The average Bonchev–Trinajstić information content (AvgIpc) is 2.58. The molecule has 1 unspecified atom stereocenters. The van der Waals surface area contributed by atoms with Crippen LogP contribution in [-0.2, 0) is 4.79 Å². The van der Waals surface area contributed by atoms with Gasteiger partial charge in [-0.15, -0.1) is 0 Å². The number of nitrogens with one attached hydrogen (secondary N) is 1. The van der Waals surface area contributed by atoms with Crippen molar-refractivity contribution < 1.29 is 9.53 Å². The van der Waals surface area contributed by atoms with Crippen molar-refractivity contribution >= 4 is 5.91 Å². The zero-order valence-corrected chi connectivity index (χ0v) is 14.7. The van der Waals surface area contributed by atoms with Crippen LogP contribution < -0.4 is 10.1 Å². The van der Waals surface area contributed by atoms with Crippen LogP contribution in [0, 0.1) is 12.8 Å². The molecule has 1 aliphatic rings. The number of aryl methyl sites for hydroxylation is 1. The smallest absolute Gasteiger partial charge is 0.263 e. The topological polar surface area (TPSA) is 41.6 Å². The molecule has 128 valence electrons. The van der Waals surface area contributed by atoms with Crippen LogP contribution in [0.25, 0.3) is 0 Å². The Morgan fingerprint density at radius 3 is 2.70 bits per heavy atom. The molecule has 1 aromatic rings. The first-order valence-corrected chi connectivity index (χ1v) is 8.86. The highest BCUT2D eigenvalue weighted by Crippen LogP contribution is 2.20. The Labute approximate surface area is 140 Å². The van der Waals surface area contributed by atoms with Gasteiger partial charge in [0.1, 0.15) is 5.75 Å². The lowest BCUT2D eigenvalue weighted by atomic mass is 9.96. The Morgan fingerprint density at radius 2 is 2.09 bits per heavy atom. The second kappa shape index (κ2) is 8.92. The van der Waals surface area contributed by atoms with E-state index in [0.29, 0.717) is 12.3 Å². The molecule has 1 fully saturated rings. The Kier molecular flexibility index (Phi) is 6.90. The van der Waals surface area contributed by atoms with Crippen LogP contribution in [0.3, 0.4) is 0 Å². The maximum Gasteiger partial charge on any atom is 0.263 e. The third-order valence-electron chi connectivity index (χ3n) is 4.52. The van der Waals surface area contributed by atoms with Gasteiger partial charge in [0.2, 0.25) is 0 Å². The molecule has 23 heavy (non-hydrogen) atoms. The Balaban J connectivity index is 1.88. The Bertz CT molecular complexity index is 496. The molecule has 0 aliphatic carbocycles. The summed E-state index contributed by atoms with van der Waals surface area (Å²) in [7, 11) is 0. The maximum absolute atomic E-state index is 12.7. The summed E-state index contributed by atoms with van der Waals surface area (Å²) >= 11 is 0. The number of rotatable bonds is 7. The van der Waals surface area contributed by atoms with E-state index in [1.165, 1.54) is 0 Å². The highest BCUT2D eigenvalue weighted by Gasteiger charge is 2.28. The van der Waals surface area contributed by atoms with Crippen molar-refractivity contribution in [1.82, 2.24) is 10.2 Å². The van der Waals surface area contributed by atoms with E-state index in [1.54, 1.807) is 0 Å². The molecule has 1 heterocycles. The minimum Gasteiger partial charge on any atom is -0.481 e. The van der Waals surface area contributed by atoms with Crippen LogP contribution in [-0.4, -0.2) is 43.1 Å². The molecule has 0 saturated carbocycles. The van der Waals surface area contributed by atoms with Gasteiger partial charge in [-0.25, -0.2) is 0 Å². The normalized spacial score (nSPS) is 17.1. The quantitative estimate of drug-likeness (QED) is 0.840. The van der Waals surface area contributed by atoms with Crippen LogP contribution in [0.1, 0.15) is 38.7 Å². The van der Waals surface area contributed by atoms with Gasteiger partial charge >= 0.3 is 0 Å². The summed E-state index contributed by atoms with van der Waals surface area (Å²) in [6, 6.07) is 7.91. The van der Waals surface area contributed by atoms with E-state index in [4.69, 9.17) is 4.74 Å². The van der Waals surface area contributed by atoms with Crippen LogP contribution in [0.5, 0.6) is 5.75 Å². The summed E-state index contributed by atoms with van der Waals surface area (Å²) in [5.41, 5.74) is 1.15. The molecule has 0 bridgehead atoms. The maximum atomic E-state index is 12.7. The van der Waals surface area contributed by atoms with E-state index in [-0.39, 0.29) is 12.0 Å². The van der Waals surface area contributed by atoms with Crippen molar-refractivity contribution in [3.8, 4) is 5.75 Å². The molecule has 1 N–H and O–H groups in total. The fraction of sp³-hybridized carbons (Fsp3) is 0.632. The number of carbonyl (C=O) groups is 1. The van der Waals surface area contributed by atoms with Gasteiger partial charge in [-0.2, -0.15) is 0 Å². The van der Waals surface area contributed by atoms with Gasteiger partial charge in [0.05, 0.1) is 0 Å². The highest BCUT2D eigenvalue weighted by molar-refractivity contribution is 5.81. The minimum absolute atomic E-state index is 0.135. The number of ether oxygens (including phenoxy) is 1. The first-order chi connectivity index (χ1) is 11.1. The van der Waals surface area contributed by atoms with E-state index >= 15 is 0 Å². The van der Waals surface area contributed by atoms with Crippen LogP contribution in [0.15, 0.2) is 24.3 Å². The van der Waals surface area contributed by atoms with Gasteiger partial charge < -0.3 is 15.0 Å². The van der Waals surface area contributed by atoms with Gasteiger partial charge in [-0.1, -0.05) is 26.0 Å². The number of hydrogen-bond acceptors (Lipinski definition) is 3. The number of amides is 1. The number of benzene rings is 1. The average molecular weight is 318 g/mol. The fourth-order valence-electron chi connectivity index (χ4n) is 3.07. The predicted octanol–water partition coefficient (Wildman–Crippen LogP) is 3.00. The van der Waals surface area contributed by atoms with Crippen molar-refractivity contribution in [3.05, 3.63) is 29.8 Å². The SMILES string of the molecule is CCNCC1CCN(C(=O)C(CC)Oc2cccc(C)c2)CC1. The van der Waals surface area contributed by atoms with Crippen LogP contribution >= 0.6 is 0 Å². The van der Waals surface area contributed by atoms with Crippen molar-refractivity contribution in [2.45, 2.75) is 46.1 Å². The summed E-state index contributed by atoms with van der Waals surface area (Å²) in [5, 5.41) is 3.41. The second-order valence-corrected chi connectivity index (χ2v) is 6.41. The van der Waals surface area contributed by atoms with Crippen molar-refractivity contribution in [1.29, 1.82) is 0 Å². The number of carbonyl (C=O) groups excluding carboxylic acids is 1. The molecule has 1 saturated heterocycles. The minimum atomic E-state index is -0.373. The number of hydrogen-bond donors (Lipinski definition) is 1. The molecule has 1 atom stereocenters. The Hall–Kier alpha value is -1.55. The molecule has 4 heteroatoms. The molecule has 1 aromatic carbocycles. The first kappa shape index (κ1) is 17.8. The van der Waals surface area contributed by atoms with Crippen molar-refractivity contribution in [3.63, 3.8) is 0 Å². The number of likely N-dealkylation sites (tertiary alicyclic amines) is 1. The second-order valence-electron chi connectivity index (χ2n) is 6.41. The number of piperidine rings is 1. The number of nitrogens with zero attached hydrogens (tertiary/aromatic N) is 1.